The SMILES string of the molecule is c1ccc(-n2nnnc2N2CCC[C@@H](c3nccn3CC3CC3)C2)cc1. The first-order valence-electron chi connectivity index (χ1n) is 9.48. The van der Waals surface area contributed by atoms with Crippen LogP contribution in [0.15, 0.2) is 42.7 Å². The van der Waals surface area contributed by atoms with E-state index < -0.39 is 0 Å². The van der Waals surface area contributed by atoms with Crippen LogP contribution in [0, 0.1) is 5.92 Å². The number of hydrogen-bond acceptors (Lipinski definition) is 5. The molecule has 5 rings (SSSR count). The van der Waals surface area contributed by atoms with Crippen molar-refractivity contribution in [2.45, 2.75) is 38.1 Å². The first-order chi connectivity index (χ1) is 12.9. The molecule has 1 aromatic carbocycles. The second kappa shape index (κ2) is 6.55. The molecular weight excluding hydrogens is 326 g/mol. The molecule has 0 spiro atoms. The smallest absolute Gasteiger partial charge is 0.250 e. The Hall–Kier alpha value is -2.70. The zero-order valence-corrected chi connectivity index (χ0v) is 14.8. The Labute approximate surface area is 152 Å². The van der Waals surface area contributed by atoms with Crippen molar-refractivity contribution >= 4 is 5.95 Å². The molecule has 0 bridgehead atoms. The Morgan fingerprint density at radius 2 is 1.96 bits per heavy atom. The molecule has 1 aliphatic carbocycles. The molecule has 2 fully saturated rings. The molecule has 7 nitrogen and oxygen atoms in total. The van der Waals surface area contributed by atoms with Gasteiger partial charge in [-0.1, -0.05) is 23.3 Å². The molecule has 1 atom stereocenters. The van der Waals surface area contributed by atoms with E-state index in [-0.39, 0.29) is 0 Å². The van der Waals surface area contributed by atoms with Crippen molar-refractivity contribution in [3.05, 3.63) is 48.5 Å². The summed E-state index contributed by atoms with van der Waals surface area (Å²) in [5, 5.41) is 12.4. The van der Waals surface area contributed by atoms with Crippen molar-refractivity contribution < 1.29 is 0 Å². The first-order valence-corrected chi connectivity index (χ1v) is 9.48. The third kappa shape index (κ3) is 2.98. The fourth-order valence-corrected chi connectivity index (χ4v) is 3.90. The lowest BCUT2D eigenvalue weighted by molar-refractivity contribution is 0.458. The molecule has 0 unspecified atom stereocenters. The van der Waals surface area contributed by atoms with E-state index in [1.54, 1.807) is 0 Å². The van der Waals surface area contributed by atoms with E-state index in [0.29, 0.717) is 5.92 Å². The molecule has 3 aromatic rings. The summed E-state index contributed by atoms with van der Waals surface area (Å²) in [6.07, 6.45) is 9.11. The highest BCUT2D eigenvalue weighted by Gasteiger charge is 2.29. The highest BCUT2D eigenvalue weighted by atomic mass is 15.6. The number of rotatable bonds is 5. The number of aromatic nitrogens is 6. The molecular formula is C19H23N7. The van der Waals surface area contributed by atoms with Gasteiger partial charge in [-0.15, -0.1) is 0 Å². The van der Waals surface area contributed by atoms with Crippen LogP contribution in [0.5, 0.6) is 0 Å². The third-order valence-electron chi connectivity index (χ3n) is 5.42. The van der Waals surface area contributed by atoms with Crippen LogP contribution >= 0.6 is 0 Å². The van der Waals surface area contributed by atoms with Gasteiger partial charge in [0.05, 0.1) is 5.69 Å². The molecule has 0 N–H and O–H groups in total. The second-order valence-corrected chi connectivity index (χ2v) is 7.39. The highest BCUT2D eigenvalue weighted by Crippen LogP contribution is 2.33. The largest absolute Gasteiger partial charge is 0.339 e. The first kappa shape index (κ1) is 15.5. The van der Waals surface area contributed by atoms with Gasteiger partial charge in [-0.05, 0) is 54.2 Å². The molecule has 1 saturated carbocycles. The lowest BCUT2D eigenvalue weighted by Gasteiger charge is -2.32. The Bertz CT molecular complexity index is 865. The Balaban J connectivity index is 1.39. The summed E-state index contributed by atoms with van der Waals surface area (Å²) >= 11 is 0. The average Bonchev–Trinajstić information content (AvgIpc) is 3.18. The van der Waals surface area contributed by atoms with Gasteiger partial charge in [-0.25, -0.2) is 4.98 Å². The number of piperidine rings is 1. The third-order valence-corrected chi connectivity index (χ3v) is 5.42. The van der Waals surface area contributed by atoms with Crippen LogP contribution < -0.4 is 4.90 Å². The molecule has 7 heteroatoms. The van der Waals surface area contributed by atoms with Crippen LogP contribution in [0.1, 0.15) is 37.4 Å². The molecule has 26 heavy (non-hydrogen) atoms. The van der Waals surface area contributed by atoms with E-state index in [4.69, 9.17) is 4.98 Å². The summed E-state index contributed by atoms with van der Waals surface area (Å²) in [7, 11) is 0. The van der Waals surface area contributed by atoms with Crippen molar-refractivity contribution in [1.29, 1.82) is 0 Å². The van der Waals surface area contributed by atoms with Gasteiger partial charge in [-0.2, -0.15) is 4.68 Å². The molecule has 1 aliphatic heterocycles. The summed E-state index contributed by atoms with van der Waals surface area (Å²) in [6, 6.07) is 10.1. The Morgan fingerprint density at radius 1 is 1.08 bits per heavy atom. The van der Waals surface area contributed by atoms with Crippen LogP contribution in [0.25, 0.3) is 5.69 Å². The Kier molecular flexibility index (Phi) is 3.92. The van der Waals surface area contributed by atoms with Gasteiger partial charge in [0, 0.05) is 37.9 Å². The number of anilines is 1. The molecule has 3 heterocycles. The molecule has 0 radical (unpaired) electrons. The summed E-state index contributed by atoms with van der Waals surface area (Å²) in [6.45, 7) is 3.01. The number of benzene rings is 1. The van der Waals surface area contributed by atoms with E-state index in [9.17, 15) is 0 Å². The summed E-state index contributed by atoms with van der Waals surface area (Å²) in [5.41, 5.74) is 0.991. The lowest BCUT2D eigenvalue weighted by Crippen LogP contribution is -2.37. The molecule has 0 amide bonds. The predicted octanol–water partition coefficient (Wildman–Crippen LogP) is 2.65. The van der Waals surface area contributed by atoms with Gasteiger partial charge < -0.3 is 9.47 Å². The molecule has 134 valence electrons. The topological polar surface area (TPSA) is 64.7 Å². The van der Waals surface area contributed by atoms with Crippen LogP contribution in [-0.2, 0) is 6.54 Å². The minimum atomic E-state index is 0.429. The maximum Gasteiger partial charge on any atom is 0.250 e. The van der Waals surface area contributed by atoms with Gasteiger partial charge in [0.1, 0.15) is 5.82 Å². The van der Waals surface area contributed by atoms with Gasteiger partial charge in [0.25, 0.3) is 0 Å². The number of imidazole rings is 1. The second-order valence-electron chi connectivity index (χ2n) is 7.39. The van der Waals surface area contributed by atoms with E-state index in [1.807, 2.05) is 41.2 Å². The van der Waals surface area contributed by atoms with E-state index >= 15 is 0 Å². The van der Waals surface area contributed by atoms with Crippen molar-refractivity contribution in [3.8, 4) is 5.69 Å². The van der Waals surface area contributed by atoms with Crippen molar-refractivity contribution in [2.75, 3.05) is 18.0 Å². The summed E-state index contributed by atoms with van der Waals surface area (Å²) in [5.74, 6) is 3.33. The fraction of sp³-hybridized carbons (Fsp3) is 0.474. The molecule has 2 aliphatic rings. The monoisotopic (exact) mass is 349 g/mol. The van der Waals surface area contributed by atoms with E-state index in [2.05, 4.69) is 31.2 Å². The zero-order valence-electron chi connectivity index (χ0n) is 14.8. The van der Waals surface area contributed by atoms with Crippen molar-refractivity contribution in [1.82, 2.24) is 29.8 Å². The summed E-state index contributed by atoms with van der Waals surface area (Å²) in [4.78, 5) is 7.00. The van der Waals surface area contributed by atoms with Crippen molar-refractivity contribution in [3.63, 3.8) is 0 Å². The molecule has 2 aromatic heterocycles. The number of nitrogens with zero attached hydrogens (tertiary/aromatic N) is 7. The van der Waals surface area contributed by atoms with Gasteiger partial charge in [0.2, 0.25) is 5.95 Å². The zero-order chi connectivity index (χ0) is 17.3. The van der Waals surface area contributed by atoms with Crippen LogP contribution in [0.2, 0.25) is 0 Å². The minimum absolute atomic E-state index is 0.429. The number of para-hydroxylation sites is 1. The van der Waals surface area contributed by atoms with Crippen LogP contribution in [0.3, 0.4) is 0 Å². The van der Waals surface area contributed by atoms with Crippen LogP contribution in [0.4, 0.5) is 5.95 Å². The normalized spacial score (nSPS) is 20.5. The quantitative estimate of drug-likeness (QED) is 0.708. The van der Waals surface area contributed by atoms with Gasteiger partial charge in [-0.3, -0.25) is 0 Å². The van der Waals surface area contributed by atoms with Gasteiger partial charge in [0.15, 0.2) is 0 Å². The number of tetrazole rings is 1. The summed E-state index contributed by atoms with van der Waals surface area (Å²) < 4.78 is 4.20. The van der Waals surface area contributed by atoms with Crippen LogP contribution in [-0.4, -0.2) is 42.8 Å². The standard InChI is InChI=1S/C19H23N7/c1-2-6-17(7-3-1)26-19(21-22-23-26)25-11-4-5-16(14-25)18-20-10-12-24(18)13-15-8-9-15/h1-3,6-7,10,12,15-16H,4-5,8-9,11,13-14H2/t16-/m1/s1. The fourth-order valence-electron chi connectivity index (χ4n) is 3.90. The predicted molar refractivity (Wildman–Crippen MR) is 98.3 cm³/mol. The number of hydrogen-bond donors (Lipinski definition) is 0. The van der Waals surface area contributed by atoms with Crippen molar-refractivity contribution in [2.24, 2.45) is 5.92 Å². The lowest BCUT2D eigenvalue weighted by atomic mass is 9.97. The maximum atomic E-state index is 4.69. The van der Waals surface area contributed by atoms with Gasteiger partial charge >= 0.3 is 0 Å². The highest BCUT2D eigenvalue weighted by molar-refractivity contribution is 5.41. The average molecular weight is 349 g/mol. The minimum Gasteiger partial charge on any atom is -0.339 e. The molecule has 1 saturated heterocycles. The van der Waals surface area contributed by atoms with E-state index in [1.165, 1.54) is 25.1 Å². The Morgan fingerprint density at radius 3 is 2.81 bits per heavy atom. The maximum absolute atomic E-state index is 4.69. The van der Waals surface area contributed by atoms with E-state index in [0.717, 1.165) is 43.6 Å².